The molecule has 0 spiro atoms. The molecule has 6 nitrogen and oxygen atoms in total. The molecular formula is C17H27N3O3. The first kappa shape index (κ1) is 18.8. The van der Waals surface area contributed by atoms with Gasteiger partial charge < -0.3 is 15.8 Å². The molecule has 128 valence electrons. The van der Waals surface area contributed by atoms with Crippen LogP contribution in [0.25, 0.3) is 0 Å². The van der Waals surface area contributed by atoms with Gasteiger partial charge in [-0.2, -0.15) is 0 Å². The minimum absolute atomic E-state index is 0.0362. The number of imide groups is 1. The number of ether oxygens (including phenoxy) is 1. The van der Waals surface area contributed by atoms with Gasteiger partial charge >= 0.3 is 6.03 Å². The number of hydrogen-bond acceptors (Lipinski definition) is 4. The van der Waals surface area contributed by atoms with Crippen molar-refractivity contribution in [3.63, 3.8) is 0 Å². The number of amides is 3. The summed E-state index contributed by atoms with van der Waals surface area (Å²) in [7, 11) is 1.57. The molecule has 0 aromatic heterocycles. The van der Waals surface area contributed by atoms with Crippen molar-refractivity contribution >= 4 is 17.6 Å². The predicted molar refractivity (Wildman–Crippen MR) is 91.7 cm³/mol. The number of urea groups is 1. The average molecular weight is 321 g/mol. The Kier molecular flexibility index (Phi) is 6.01. The van der Waals surface area contributed by atoms with E-state index >= 15 is 0 Å². The Morgan fingerprint density at radius 1 is 1.22 bits per heavy atom. The third kappa shape index (κ3) is 5.16. The third-order valence-corrected chi connectivity index (χ3v) is 3.57. The van der Waals surface area contributed by atoms with Crippen LogP contribution in [-0.2, 0) is 10.2 Å². The van der Waals surface area contributed by atoms with Crippen molar-refractivity contribution in [2.75, 3.05) is 12.4 Å². The molecule has 6 heteroatoms. The molecular weight excluding hydrogens is 294 g/mol. The molecule has 0 saturated heterocycles. The van der Waals surface area contributed by atoms with Crippen LogP contribution in [0.4, 0.5) is 10.5 Å². The lowest BCUT2D eigenvalue weighted by molar-refractivity contribution is -0.121. The number of benzene rings is 1. The number of anilines is 1. The van der Waals surface area contributed by atoms with Gasteiger partial charge in [-0.15, -0.1) is 0 Å². The molecule has 1 aromatic carbocycles. The van der Waals surface area contributed by atoms with Gasteiger partial charge in [-0.05, 0) is 29.0 Å². The van der Waals surface area contributed by atoms with E-state index < -0.39 is 18.0 Å². The van der Waals surface area contributed by atoms with Gasteiger partial charge in [0, 0.05) is 0 Å². The molecule has 0 aliphatic rings. The van der Waals surface area contributed by atoms with Crippen molar-refractivity contribution in [3.05, 3.63) is 23.8 Å². The van der Waals surface area contributed by atoms with Gasteiger partial charge in [-0.1, -0.05) is 40.7 Å². The molecule has 1 rings (SSSR count). The molecule has 0 aliphatic carbocycles. The second kappa shape index (κ2) is 7.35. The number of hydrogen-bond donors (Lipinski definition) is 3. The monoisotopic (exact) mass is 321 g/mol. The zero-order valence-electron chi connectivity index (χ0n) is 14.7. The smallest absolute Gasteiger partial charge is 0.318 e. The maximum absolute atomic E-state index is 12.2. The molecule has 0 bridgehead atoms. The summed E-state index contributed by atoms with van der Waals surface area (Å²) in [5.74, 6) is 0.128. The van der Waals surface area contributed by atoms with Crippen LogP contribution in [-0.4, -0.2) is 25.1 Å². The van der Waals surface area contributed by atoms with Crippen molar-refractivity contribution < 1.29 is 14.3 Å². The summed E-state index contributed by atoms with van der Waals surface area (Å²) >= 11 is 0. The van der Waals surface area contributed by atoms with Crippen LogP contribution in [0.1, 0.15) is 40.2 Å². The maximum Gasteiger partial charge on any atom is 0.318 e. The van der Waals surface area contributed by atoms with E-state index in [0.29, 0.717) is 11.4 Å². The van der Waals surface area contributed by atoms with Crippen LogP contribution in [0.2, 0.25) is 0 Å². The Balaban J connectivity index is 3.16. The number of nitrogens with two attached hydrogens (primary N) is 1. The SMILES string of the molecule is COc1ccc(C(C)(C)C)cc1N[C@H](C(=O)NC(N)=O)C(C)C. The first-order valence-electron chi connectivity index (χ1n) is 7.61. The number of carbonyl (C=O) groups excluding carboxylic acids is 2. The summed E-state index contributed by atoms with van der Waals surface area (Å²) in [5, 5.41) is 5.29. The highest BCUT2D eigenvalue weighted by Gasteiger charge is 2.25. The predicted octanol–water partition coefficient (Wildman–Crippen LogP) is 2.62. The van der Waals surface area contributed by atoms with E-state index in [2.05, 4.69) is 31.4 Å². The summed E-state index contributed by atoms with van der Waals surface area (Å²) in [6, 6.07) is 4.36. The van der Waals surface area contributed by atoms with Gasteiger partial charge in [-0.3, -0.25) is 10.1 Å². The van der Waals surface area contributed by atoms with E-state index in [-0.39, 0.29) is 11.3 Å². The zero-order valence-corrected chi connectivity index (χ0v) is 14.7. The quantitative estimate of drug-likeness (QED) is 0.777. The number of carbonyl (C=O) groups is 2. The van der Waals surface area contributed by atoms with Crippen molar-refractivity contribution in [3.8, 4) is 5.75 Å². The summed E-state index contributed by atoms with van der Waals surface area (Å²) < 4.78 is 5.37. The topological polar surface area (TPSA) is 93.4 Å². The van der Waals surface area contributed by atoms with Crippen molar-refractivity contribution in [2.24, 2.45) is 11.7 Å². The maximum atomic E-state index is 12.2. The summed E-state index contributed by atoms with van der Waals surface area (Å²) in [6.07, 6.45) is 0. The number of methoxy groups -OCH3 is 1. The van der Waals surface area contributed by atoms with Crippen LogP contribution >= 0.6 is 0 Å². The van der Waals surface area contributed by atoms with Crippen LogP contribution < -0.4 is 21.1 Å². The van der Waals surface area contributed by atoms with Crippen molar-refractivity contribution in [1.29, 1.82) is 0 Å². The van der Waals surface area contributed by atoms with Gasteiger partial charge in [-0.25, -0.2) is 4.79 Å². The lowest BCUT2D eigenvalue weighted by atomic mass is 9.86. The fourth-order valence-electron chi connectivity index (χ4n) is 2.19. The van der Waals surface area contributed by atoms with E-state index in [1.54, 1.807) is 7.11 Å². The molecule has 0 radical (unpaired) electrons. The highest BCUT2D eigenvalue weighted by molar-refractivity contribution is 5.97. The second-order valence-corrected chi connectivity index (χ2v) is 6.88. The first-order valence-corrected chi connectivity index (χ1v) is 7.61. The number of primary amides is 1. The normalized spacial score (nSPS) is 12.7. The highest BCUT2D eigenvalue weighted by atomic mass is 16.5. The molecule has 3 amide bonds. The van der Waals surface area contributed by atoms with E-state index in [1.165, 1.54) is 0 Å². The van der Waals surface area contributed by atoms with Gasteiger partial charge in [0.1, 0.15) is 11.8 Å². The Morgan fingerprint density at radius 2 is 1.83 bits per heavy atom. The number of rotatable bonds is 5. The average Bonchev–Trinajstić information content (AvgIpc) is 2.42. The fraction of sp³-hybridized carbons (Fsp3) is 0.529. The minimum Gasteiger partial charge on any atom is -0.495 e. The molecule has 4 N–H and O–H groups in total. The van der Waals surface area contributed by atoms with Gasteiger partial charge in [0.05, 0.1) is 12.8 Å². The highest BCUT2D eigenvalue weighted by Crippen LogP contribution is 2.32. The van der Waals surface area contributed by atoms with Crippen molar-refractivity contribution in [1.82, 2.24) is 5.32 Å². The van der Waals surface area contributed by atoms with Crippen LogP contribution in [0.3, 0.4) is 0 Å². The lowest BCUT2D eigenvalue weighted by Crippen LogP contribution is -2.47. The van der Waals surface area contributed by atoms with Gasteiger partial charge in [0.25, 0.3) is 5.91 Å². The molecule has 0 fully saturated rings. The Bertz CT molecular complexity index is 577. The van der Waals surface area contributed by atoms with Crippen LogP contribution in [0.5, 0.6) is 5.75 Å². The molecule has 0 heterocycles. The second-order valence-electron chi connectivity index (χ2n) is 6.88. The zero-order chi connectivity index (χ0) is 17.8. The Labute approximate surface area is 137 Å². The minimum atomic E-state index is -0.863. The molecule has 1 atom stereocenters. The number of nitrogens with one attached hydrogen (secondary N) is 2. The van der Waals surface area contributed by atoms with Crippen molar-refractivity contribution in [2.45, 2.75) is 46.1 Å². The van der Waals surface area contributed by atoms with E-state index in [1.807, 2.05) is 32.0 Å². The summed E-state index contributed by atoms with van der Waals surface area (Å²) in [4.78, 5) is 23.1. The fourth-order valence-corrected chi connectivity index (χ4v) is 2.19. The van der Waals surface area contributed by atoms with E-state index in [4.69, 9.17) is 10.5 Å². The molecule has 0 saturated carbocycles. The molecule has 23 heavy (non-hydrogen) atoms. The van der Waals surface area contributed by atoms with E-state index in [0.717, 1.165) is 5.56 Å². The van der Waals surface area contributed by atoms with E-state index in [9.17, 15) is 9.59 Å². The Hall–Kier alpha value is -2.24. The first-order chi connectivity index (χ1) is 10.6. The van der Waals surface area contributed by atoms with Crippen LogP contribution in [0, 0.1) is 5.92 Å². The largest absolute Gasteiger partial charge is 0.495 e. The standard InChI is InChI=1S/C17H27N3O3/c1-10(2)14(15(21)20-16(18)22)19-12-9-11(17(3,4)5)7-8-13(12)23-6/h7-10,14,19H,1-6H3,(H3,18,20,21,22)/t14-/m0/s1. The van der Waals surface area contributed by atoms with Gasteiger partial charge in [0.2, 0.25) is 0 Å². The van der Waals surface area contributed by atoms with Gasteiger partial charge in [0.15, 0.2) is 0 Å². The van der Waals surface area contributed by atoms with Crippen LogP contribution in [0.15, 0.2) is 18.2 Å². The molecule has 0 aliphatic heterocycles. The Morgan fingerprint density at radius 3 is 2.26 bits per heavy atom. The summed E-state index contributed by atoms with van der Waals surface area (Å²) in [5.41, 5.74) is 6.82. The molecule has 1 aromatic rings. The summed E-state index contributed by atoms with van der Waals surface area (Å²) in [6.45, 7) is 10.1. The molecule has 0 unspecified atom stereocenters. The third-order valence-electron chi connectivity index (χ3n) is 3.57. The lowest BCUT2D eigenvalue weighted by Gasteiger charge is -2.25.